The summed E-state index contributed by atoms with van der Waals surface area (Å²) in [7, 11) is 0. The van der Waals surface area contributed by atoms with Crippen molar-refractivity contribution in [2.45, 2.75) is 33.2 Å². The number of phenolic OH excluding ortho intramolecular Hbond substituents is 1. The SMILES string of the molecule is Cc1ccc(O)c(C(=O)OCC(=O)N[C@@H](c2ccc3c(c2)OCCCO3)C(C)C)c1. The highest BCUT2D eigenvalue weighted by molar-refractivity contribution is 5.94. The Morgan fingerprint density at radius 2 is 1.83 bits per heavy atom. The summed E-state index contributed by atoms with van der Waals surface area (Å²) in [5, 5.41) is 12.7. The highest BCUT2D eigenvalue weighted by atomic mass is 16.5. The van der Waals surface area contributed by atoms with E-state index in [9.17, 15) is 14.7 Å². The van der Waals surface area contributed by atoms with Gasteiger partial charge in [-0.3, -0.25) is 4.79 Å². The highest BCUT2D eigenvalue weighted by Gasteiger charge is 2.22. The molecule has 0 spiro atoms. The van der Waals surface area contributed by atoms with E-state index in [2.05, 4.69) is 5.32 Å². The van der Waals surface area contributed by atoms with Crippen LogP contribution in [0.4, 0.5) is 0 Å². The van der Waals surface area contributed by atoms with Crippen LogP contribution in [0.2, 0.25) is 0 Å². The molecular weight excluding hydrogens is 386 g/mol. The molecule has 0 unspecified atom stereocenters. The Hall–Kier alpha value is -3.22. The molecule has 0 saturated heterocycles. The molecule has 2 aromatic carbocycles. The number of carbonyl (C=O) groups excluding carboxylic acids is 2. The fourth-order valence-corrected chi connectivity index (χ4v) is 3.25. The molecule has 0 fully saturated rings. The molecule has 7 heteroatoms. The third-order valence-electron chi connectivity index (χ3n) is 4.82. The maximum absolute atomic E-state index is 12.5. The number of hydrogen-bond acceptors (Lipinski definition) is 6. The number of benzene rings is 2. The molecule has 7 nitrogen and oxygen atoms in total. The van der Waals surface area contributed by atoms with E-state index in [1.165, 1.54) is 12.1 Å². The van der Waals surface area contributed by atoms with Gasteiger partial charge in [-0.05, 0) is 42.7 Å². The van der Waals surface area contributed by atoms with Crippen LogP contribution in [-0.4, -0.2) is 36.8 Å². The molecule has 3 rings (SSSR count). The van der Waals surface area contributed by atoms with Crippen LogP contribution < -0.4 is 14.8 Å². The van der Waals surface area contributed by atoms with Crippen molar-refractivity contribution in [3.05, 3.63) is 53.1 Å². The van der Waals surface area contributed by atoms with E-state index in [1.54, 1.807) is 13.0 Å². The topological polar surface area (TPSA) is 94.1 Å². The number of nitrogens with one attached hydrogen (secondary N) is 1. The lowest BCUT2D eigenvalue weighted by Crippen LogP contribution is -2.35. The van der Waals surface area contributed by atoms with Gasteiger partial charge in [-0.25, -0.2) is 4.79 Å². The normalized spacial score (nSPS) is 14.0. The zero-order valence-electron chi connectivity index (χ0n) is 17.4. The summed E-state index contributed by atoms with van der Waals surface area (Å²) in [6.45, 7) is 6.52. The zero-order chi connectivity index (χ0) is 21.7. The molecule has 1 amide bonds. The van der Waals surface area contributed by atoms with Gasteiger partial charge in [0.25, 0.3) is 5.91 Å². The molecule has 0 radical (unpaired) electrons. The predicted octanol–water partition coefficient (Wildman–Crippen LogP) is 3.53. The minimum atomic E-state index is -0.747. The van der Waals surface area contributed by atoms with Gasteiger partial charge in [-0.2, -0.15) is 0 Å². The number of aryl methyl sites for hydroxylation is 1. The highest BCUT2D eigenvalue weighted by Crippen LogP contribution is 2.34. The Bertz CT molecular complexity index is 924. The standard InChI is InChI=1S/C23H27NO6/c1-14(2)22(16-6-8-19-20(12-16)29-10-4-9-28-19)24-21(26)13-30-23(27)17-11-15(3)5-7-18(17)25/h5-8,11-12,14,22,25H,4,9-10,13H2,1-3H3,(H,24,26)/t22-/m1/s1. The summed E-state index contributed by atoms with van der Waals surface area (Å²) < 4.78 is 16.5. The number of amides is 1. The van der Waals surface area contributed by atoms with Crippen molar-refractivity contribution >= 4 is 11.9 Å². The van der Waals surface area contributed by atoms with Crippen LogP contribution >= 0.6 is 0 Å². The molecule has 1 aliphatic rings. The predicted molar refractivity (Wildman–Crippen MR) is 111 cm³/mol. The third-order valence-corrected chi connectivity index (χ3v) is 4.82. The van der Waals surface area contributed by atoms with E-state index in [4.69, 9.17) is 14.2 Å². The molecular formula is C23H27NO6. The van der Waals surface area contributed by atoms with Crippen molar-refractivity contribution in [1.82, 2.24) is 5.32 Å². The van der Waals surface area contributed by atoms with E-state index in [0.717, 1.165) is 17.5 Å². The van der Waals surface area contributed by atoms with Crippen molar-refractivity contribution < 1.29 is 28.9 Å². The van der Waals surface area contributed by atoms with Crippen molar-refractivity contribution in [3.8, 4) is 17.2 Å². The van der Waals surface area contributed by atoms with E-state index in [0.29, 0.717) is 24.7 Å². The van der Waals surface area contributed by atoms with E-state index >= 15 is 0 Å². The van der Waals surface area contributed by atoms with Crippen LogP contribution in [0.25, 0.3) is 0 Å². The molecule has 1 heterocycles. The summed E-state index contributed by atoms with van der Waals surface area (Å²) >= 11 is 0. The first-order chi connectivity index (χ1) is 14.3. The van der Waals surface area contributed by atoms with Crippen molar-refractivity contribution in [2.24, 2.45) is 5.92 Å². The van der Waals surface area contributed by atoms with Crippen LogP contribution in [0.1, 0.15) is 47.8 Å². The summed E-state index contributed by atoms with van der Waals surface area (Å²) in [6, 6.07) is 9.95. The molecule has 1 atom stereocenters. The molecule has 2 N–H and O–H groups in total. The second-order valence-corrected chi connectivity index (χ2v) is 7.64. The Kier molecular flexibility index (Phi) is 6.82. The Balaban J connectivity index is 1.65. The van der Waals surface area contributed by atoms with E-state index in [1.807, 2.05) is 32.0 Å². The molecule has 2 aromatic rings. The first kappa shape index (κ1) is 21.5. The largest absolute Gasteiger partial charge is 0.507 e. The van der Waals surface area contributed by atoms with Gasteiger partial charge >= 0.3 is 5.97 Å². The zero-order valence-corrected chi connectivity index (χ0v) is 17.4. The molecule has 160 valence electrons. The number of phenols is 1. The van der Waals surface area contributed by atoms with E-state index < -0.39 is 18.5 Å². The van der Waals surface area contributed by atoms with Crippen LogP contribution in [-0.2, 0) is 9.53 Å². The lowest BCUT2D eigenvalue weighted by molar-refractivity contribution is -0.125. The number of carbonyl (C=O) groups is 2. The van der Waals surface area contributed by atoms with Gasteiger partial charge in [-0.1, -0.05) is 31.5 Å². The van der Waals surface area contributed by atoms with Crippen molar-refractivity contribution in [1.29, 1.82) is 0 Å². The number of aromatic hydroxyl groups is 1. The fraction of sp³-hybridized carbons (Fsp3) is 0.391. The quantitative estimate of drug-likeness (QED) is 0.704. The minimum absolute atomic E-state index is 0.0334. The molecule has 0 aliphatic carbocycles. The number of rotatable bonds is 6. The summed E-state index contributed by atoms with van der Waals surface area (Å²) in [4.78, 5) is 24.7. The summed E-state index contributed by atoms with van der Waals surface area (Å²) in [5.74, 6) is 0.0843. The molecule has 0 saturated carbocycles. The van der Waals surface area contributed by atoms with Crippen LogP contribution in [0.5, 0.6) is 17.2 Å². The molecule has 0 aromatic heterocycles. The number of esters is 1. The Morgan fingerprint density at radius 1 is 1.10 bits per heavy atom. The lowest BCUT2D eigenvalue weighted by atomic mass is 9.95. The average Bonchev–Trinajstić information content (AvgIpc) is 2.96. The van der Waals surface area contributed by atoms with Gasteiger partial charge in [-0.15, -0.1) is 0 Å². The fourth-order valence-electron chi connectivity index (χ4n) is 3.25. The Morgan fingerprint density at radius 3 is 2.57 bits per heavy atom. The molecule has 1 aliphatic heterocycles. The second kappa shape index (κ2) is 9.52. The maximum Gasteiger partial charge on any atom is 0.342 e. The Labute approximate surface area is 176 Å². The number of hydrogen-bond donors (Lipinski definition) is 2. The maximum atomic E-state index is 12.5. The number of fused-ring (bicyclic) bond motifs is 1. The molecule has 0 bridgehead atoms. The van der Waals surface area contributed by atoms with Gasteiger partial charge in [0, 0.05) is 6.42 Å². The van der Waals surface area contributed by atoms with Crippen LogP contribution in [0.3, 0.4) is 0 Å². The van der Waals surface area contributed by atoms with Gasteiger partial charge in [0.2, 0.25) is 0 Å². The minimum Gasteiger partial charge on any atom is -0.507 e. The van der Waals surface area contributed by atoms with Crippen molar-refractivity contribution in [2.75, 3.05) is 19.8 Å². The monoisotopic (exact) mass is 413 g/mol. The first-order valence-electron chi connectivity index (χ1n) is 10.0. The van der Waals surface area contributed by atoms with E-state index in [-0.39, 0.29) is 23.3 Å². The van der Waals surface area contributed by atoms with Gasteiger partial charge < -0.3 is 24.6 Å². The lowest BCUT2D eigenvalue weighted by Gasteiger charge is -2.24. The van der Waals surface area contributed by atoms with Gasteiger partial charge in [0.05, 0.1) is 19.3 Å². The van der Waals surface area contributed by atoms with Crippen LogP contribution in [0, 0.1) is 12.8 Å². The smallest absolute Gasteiger partial charge is 0.342 e. The molecule has 30 heavy (non-hydrogen) atoms. The van der Waals surface area contributed by atoms with Gasteiger partial charge in [0.1, 0.15) is 11.3 Å². The summed E-state index contributed by atoms with van der Waals surface area (Å²) in [5.41, 5.74) is 1.72. The first-order valence-corrected chi connectivity index (χ1v) is 10.0. The average molecular weight is 413 g/mol. The number of ether oxygens (including phenoxy) is 3. The van der Waals surface area contributed by atoms with Crippen LogP contribution in [0.15, 0.2) is 36.4 Å². The summed E-state index contributed by atoms with van der Waals surface area (Å²) in [6.07, 6.45) is 0.816. The second-order valence-electron chi connectivity index (χ2n) is 7.64. The third kappa shape index (κ3) is 5.23. The van der Waals surface area contributed by atoms with Gasteiger partial charge in [0.15, 0.2) is 18.1 Å². The van der Waals surface area contributed by atoms with Crippen molar-refractivity contribution in [3.63, 3.8) is 0 Å².